The Morgan fingerprint density at radius 2 is 1.83 bits per heavy atom. The number of hydrogen-bond donors (Lipinski definition) is 2. The molecule has 2 aliphatic rings. The summed E-state index contributed by atoms with van der Waals surface area (Å²) in [7, 11) is 0. The number of halogens is 5. The molecule has 2 fully saturated rings. The summed E-state index contributed by atoms with van der Waals surface area (Å²) in [4.78, 5) is 34.6. The summed E-state index contributed by atoms with van der Waals surface area (Å²) >= 11 is 0.945. The maximum atomic E-state index is 15.4. The maximum absolute atomic E-state index is 15.4. The van der Waals surface area contributed by atoms with Crippen molar-refractivity contribution in [3.05, 3.63) is 59.7 Å². The molecule has 2 saturated heterocycles. The molecule has 2 aromatic carbocycles. The van der Waals surface area contributed by atoms with Gasteiger partial charge >= 0.3 is 0 Å². The lowest BCUT2D eigenvalue weighted by atomic mass is 10.1. The van der Waals surface area contributed by atoms with Crippen molar-refractivity contribution < 1.29 is 36.3 Å². The predicted octanol–water partition coefficient (Wildman–Crippen LogP) is 4.55. The molecule has 2 aliphatic heterocycles. The Kier molecular flexibility index (Phi) is 7.08. The molecule has 4 heterocycles. The zero-order valence-corrected chi connectivity index (χ0v) is 22.2. The number of carbonyl (C=O) groups excluding carboxylic acids is 2. The lowest BCUT2D eigenvalue weighted by Crippen LogP contribution is -2.45. The van der Waals surface area contributed by atoms with Crippen LogP contribution in [0.2, 0.25) is 0 Å². The number of fused-ring (bicyclic) bond motifs is 1. The first kappa shape index (κ1) is 27.7. The average Bonchev–Trinajstić information content (AvgIpc) is 3.59. The Bertz CT molecular complexity index is 1730. The number of likely N-dealkylation sites (tertiary alicyclic amines) is 1. The Labute approximate surface area is 238 Å². The van der Waals surface area contributed by atoms with Crippen LogP contribution in [-0.4, -0.2) is 60.7 Å². The molecule has 2 aromatic heterocycles. The predicted molar refractivity (Wildman–Crippen MR) is 141 cm³/mol. The fraction of sp³-hybridized carbons (Fsp3) is 0.269. The maximum Gasteiger partial charge on any atom is 0.279 e. The molecule has 6 rings (SSSR count). The minimum atomic E-state index is -1.78. The highest BCUT2D eigenvalue weighted by Crippen LogP contribution is 2.37. The summed E-state index contributed by atoms with van der Waals surface area (Å²) in [5, 5.41) is 6.68. The molecular formula is C26H20F5N7O3S. The smallest absolute Gasteiger partial charge is 0.279 e. The molecule has 218 valence electrons. The van der Waals surface area contributed by atoms with Crippen molar-refractivity contribution in [3.8, 4) is 22.8 Å². The van der Waals surface area contributed by atoms with E-state index in [0.717, 1.165) is 23.9 Å². The van der Waals surface area contributed by atoms with Crippen LogP contribution in [-0.2, 0) is 4.79 Å². The first-order chi connectivity index (χ1) is 20.1. The van der Waals surface area contributed by atoms with Gasteiger partial charge in [-0.2, -0.15) is 13.9 Å². The molecule has 16 heteroatoms. The second-order valence-corrected chi connectivity index (χ2v) is 10.8. The molecule has 2 unspecified atom stereocenters. The minimum Gasteiger partial charge on any atom is -0.451 e. The van der Waals surface area contributed by atoms with E-state index in [4.69, 9.17) is 10.5 Å². The molecule has 0 bridgehead atoms. The van der Waals surface area contributed by atoms with E-state index in [0.29, 0.717) is 25.0 Å². The van der Waals surface area contributed by atoms with Crippen LogP contribution < -0.4 is 15.8 Å². The van der Waals surface area contributed by atoms with Crippen LogP contribution in [0.5, 0.6) is 11.5 Å². The lowest BCUT2D eigenvalue weighted by molar-refractivity contribution is -0.132. The van der Waals surface area contributed by atoms with E-state index >= 15 is 4.39 Å². The quantitative estimate of drug-likeness (QED) is 0.251. The van der Waals surface area contributed by atoms with Gasteiger partial charge in [-0.05, 0) is 36.7 Å². The van der Waals surface area contributed by atoms with Crippen molar-refractivity contribution in [2.24, 2.45) is 0 Å². The van der Waals surface area contributed by atoms with Gasteiger partial charge < -0.3 is 20.7 Å². The molecule has 4 aromatic rings. The normalized spacial score (nSPS) is 18.9. The van der Waals surface area contributed by atoms with Crippen molar-refractivity contribution in [1.29, 1.82) is 0 Å². The van der Waals surface area contributed by atoms with E-state index in [1.165, 1.54) is 12.4 Å². The van der Waals surface area contributed by atoms with E-state index in [9.17, 15) is 27.2 Å². The Morgan fingerprint density at radius 1 is 1.07 bits per heavy atom. The largest absolute Gasteiger partial charge is 0.451 e. The number of hydrogen-bond acceptors (Lipinski definition) is 8. The van der Waals surface area contributed by atoms with Crippen LogP contribution in [0, 0.1) is 29.1 Å². The van der Waals surface area contributed by atoms with Gasteiger partial charge in [0.2, 0.25) is 23.3 Å². The second-order valence-electron chi connectivity index (χ2n) is 9.65. The van der Waals surface area contributed by atoms with Crippen molar-refractivity contribution in [2.75, 3.05) is 25.4 Å². The third-order valence-electron chi connectivity index (χ3n) is 7.02. The zero-order valence-electron chi connectivity index (χ0n) is 21.4. The van der Waals surface area contributed by atoms with Gasteiger partial charge in [-0.1, -0.05) is 0 Å². The van der Waals surface area contributed by atoms with Gasteiger partial charge in [0.1, 0.15) is 34.7 Å². The summed E-state index contributed by atoms with van der Waals surface area (Å²) in [6.07, 6.45) is 2.49. The third kappa shape index (κ3) is 4.84. The number of nitrogen functional groups attached to an aromatic ring is 1. The summed E-state index contributed by atoms with van der Waals surface area (Å²) in [5.41, 5.74) is 6.41. The molecule has 10 nitrogen and oxygen atoms in total. The molecule has 0 spiro atoms. The van der Waals surface area contributed by atoms with E-state index in [1.807, 2.05) is 0 Å². The van der Waals surface area contributed by atoms with Crippen LogP contribution in [0.25, 0.3) is 22.3 Å². The molecule has 42 heavy (non-hydrogen) atoms. The van der Waals surface area contributed by atoms with Crippen LogP contribution in [0.15, 0.2) is 30.6 Å². The Hall–Kier alpha value is -4.47. The summed E-state index contributed by atoms with van der Waals surface area (Å²) < 4.78 is 77.3. The molecule has 3 N–H and O–H groups in total. The van der Waals surface area contributed by atoms with E-state index < -0.39 is 45.8 Å². The van der Waals surface area contributed by atoms with Crippen LogP contribution in [0.3, 0.4) is 0 Å². The first-order valence-corrected chi connectivity index (χ1v) is 13.5. The van der Waals surface area contributed by atoms with Gasteiger partial charge in [-0.15, -0.1) is 0 Å². The summed E-state index contributed by atoms with van der Waals surface area (Å²) in [6, 6.07) is 2.79. The van der Waals surface area contributed by atoms with E-state index in [2.05, 4.69) is 20.4 Å². The highest BCUT2D eigenvalue weighted by atomic mass is 32.2. The topological polar surface area (TPSA) is 128 Å². The van der Waals surface area contributed by atoms with Crippen LogP contribution in [0.4, 0.5) is 32.6 Å². The number of nitrogens with two attached hydrogens (primary N) is 1. The number of nitrogens with one attached hydrogen (secondary N) is 1. The second kappa shape index (κ2) is 10.7. The number of anilines is 1. The number of aromatic nitrogens is 4. The minimum absolute atomic E-state index is 0.0102. The lowest BCUT2D eigenvalue weighted by Gasteiger charge is -2.34. The van der Waals surface area contributed by atoms with Crippen molar-refractivity contribution in [2.45, 2.75) is 24.1 Å². The number of benzene rings is 2. The number of thioether (sulfide) groups is 1. The summed E-state index contributed by atoms with van der Waals surface area (Å²) in [6.45, 7) is 1.01. The number of piperidine rings is 1. The Morgan fingerprint density at radius 3 is 2.52 bits per heavy atom. The molecular weight excluding hydrogens is 585 g/mol. The molecule has 0 saturated carbocycles. The fourth-order valence-electron chi connectivity index (χ4n) is 5.03. The van der Waals surface area contributed by atoms with Gasteiger partial charge in [0, 0.05) is 37.3 Å². The highest BCUT2D eigenvalue weighted by molar-refractivity contribution is 8.15. The number of nitrogens with zero attached hydrogens (tertiary/aromatic N) is 5. The average molecular weight is 606 g/mol. The highest BCUT2D eigenvalue weighted by Gasteiger charge is 2.36. The SMILES string of the molecule is Nc1ncnc2c1c(-c1ccc(Oc3c(F)c(F)cc(F)c3F)cc1F)nn2C1CCCN(C(=O)C2CNC(=O)S2)C1. The van der Waals surface area contributed by atoms with Crippen molar-refractivity contribution in [1.82, 2.24) is 30.0 Å². The number of carbonyl (C=O) groups is 2. The number of rotatable bonds is 5. The molecule has 2 atom stereocenters. The standard InChI is InChI=1S/C26H20F5N7O3S/c27-14-6-12(41-22-19(30)15(28)7-16(29)20(22)31)3-4-13(14)21-18-23(32)34-10-35-24(18)38(36-21)11-2-1-5-37(9-11)25(39)17-8-33-26(40)42-17/h3-4,6-7,10-11,17H,1-2,5,8-9H2,(H,33,40)(H2,32,34,35). The van der Waals surface area contributed by atoms with Crippen molar-refractivity contribution >= 4 is 39.8 Å². The van der Waals surface area contributed by atoms with Gasteiger partial charge in [-0.3, -0.25) is 9.59 Å². The third-order valence-corrected chi connectivity index (χ3v) is 8.03. The van der Waals surface area contributed by atoms with Gasteiger partial charge in [0.05, 0.1) is 11.4 Å². The van der Waals surface area contributed by atoms with Gasteiger partial charge in [0.15, 0.2) is 17.3 Å². The van der Waals surface area contributed by atoms with Crippen LogP contribution in [0.1, 0.15) is 18.9 Å². The monoisotopic (exact) mass is 605 g/mol. The Balaban J connectivity index is 1.33. The molecule has 0 radical (unpaired) electrons. The van der Waals surface area contributed by atoms with Crippen molar-refractivity contribution in [3.63, 3.8) is 0 Å². The van der Waals surface area contributed by atoms with Gasteiger partial charge in [0.25, 0.3) is 5.24 Å². The molecule has 2 amide bonds. The van der Waals surface area contributed by atoms with E-state index in [1.54, 1.807) is 9.58 Å². The number of amides is 2. The zero-order chi connectivity index (χ0) is 29.7. The fourth-order valence-corrected chi connectivity index (χ4v) is 5.87. The van der Waals surface area contributed by atoms with Gasteiger partial charge in [-0.25, -0.2) is 27.8 Å². The first-order valence-electron chi connectivity index (χ1n) is 12.6. The van der Waals surface area contributed by atoms with Crippen LogP contribution >= 0.6 is 11.8 Å². The van der Waals surface area contributed by atoms with E-state index in [-0.39, 0.29) is 58.8 Å². The summed E-state index contributed by atoms with van der Waals surface area (Å²) in [5.74, 6) is -9.82. The molecule has 0 aliphatic carbocycles. The number of ether oxygens (including phenoxy) is 1.